The van der Waals surface area contributed by atoms with Crippen molar-refractivity contribution in [1.82, 2.24) is 15.0 Å². The number of phenolic OH excluding ortho intramolecular Hbond substituents is 1. The molecule has 0 saturated carbocycles. The van der Waals surface area contributed by atoms with E-state index in [-0.39, 0.29) is 5.75 Å². The van der Waals surface area contributed by atoms with E-state index in [9.17, 15) is 18.3 Å². The zero-order valence-electron chi connectivity index (χ0n) is 13.8. The fraction of sp³-hybridized carbons (Fsp3) is 0.0500. The molecule has 1 N–H and O–H groups in total. The van der Waals surface area contributed by atoms with Gasteiger partial charge >= 0.3 is 6.18 Å². The topological polar surface area (TPSA) is 58.9 Å². The van der Waals surface area contributed by atoms with Crippen molar-refractivity contribution in [2.45, 2.75) is 6.18 Å². The molecule has 4 nitrogen and oxygen atoms in total. The van der Waals surface area contributed by atoms with E-state index in [2.05, 4.69) is 15.0 Å². The maximum absolute atomic E-state index is 12.7. The van der Waals surface area contributed by atoms with Gasteiger partial charge in [-0.2, -0.15) is 13.2 Å². The highest BCUT2D eigenvalue weighted by molar-refractivity contribution is 5.81. The molecule has 2 aromatic carbocycles. The predicted octanol–water partition coefficient (Wildman–Crippen LogP) is 5.08. The fourth-order valence-corrected chi connectivity index (χ4v) is 2.68. The van der Waals surface area contributed by atoms with Crippen molar-refractivity contribution in [2.75, 3.05) is 0 Å². The minimum atomic E-state index is -4.37. The van der Waals surface area contributed by atoms with E-state index in [1.165, 1.54) is 12.1 Å². The first kappa shape index (κ1) is 17.0. The molecule has 4 aromatic rings. The monoisotopic (exact) mass is 367 g/mol. The minimum Gasteiger partial charge on any atom is -0.508 e. The number of hydrogen-bond acceptors (Lipinski definition) is 4. The van der Waals surface area contributed by atoms with Crippen molar-refractivity contribution in [1.29, 1.82) is 0 Å². The van der Waals surface area contributed by atoms with E-state index >= 15 is 0 Å². The van der Waals surface area contributed by atoms with Gasteiger partial charge in [0, 0.05) is 17.3 Å². The quantitative estimate of drug-likeness (QED) is 0.537. The second-order valence-corrected chi connectivity index (χ2v) is 5.94. The second-order valence-electron chi connectivity index (χ2n) is 5.94. The summed E-state index contributed by atoms with van der Waals surface area (Å²) in [7, 11) is 0. The van der Waals surface area contributed by atoms with Gasteiger partial charge in [-0.05, 0) is 48.0 Å². The number of halogens is 3. The number of hydrogen-bond donors (Lipinski definition) is 1. The molecule has 0 fully saturated rings. The molecule has 0 unspecified atom stereocenters. The Bertz CT molecular complexity index is 1110. The van der Waals surface area contributed by atoms with E-state index in [4.69, 9.17) is 0 Å². The van der Waals surface area contributed by atoms with Crippen molar-refractivity contribution < 1.29 is 18.3 Å². The number of rotatable bonds is 2. The number of aromatic hydroxyl groups is 1. The summed E-state index contributed by atoms with van der Waals surface area (Å²) < 4.78 is 38.1. The summed E-state index contributed by atoms with van der Waals surface area (Å²) in [6.07, 6.45) is -1.21. The molecule has 0 aliphatic heterocycles. The Balaban J connectivity index is 1.73. The lowest BCUT2D eigenvalue weighted by molar-refractivity contribution is -0.137. The first-order chi connectivity index (χ1) is 12.9. The number of alkyl halides is 3. The molecule has 134 valence electrons. The first-order valence-electron chi connectivity index (χ1n) is 8.00. The van der Waals surface area contributed by atoms with Crippen LogP contribution in [0.2, 0.25) is 0 Å². The molecule has 0 atom stereocenters. The van der Waals surface area contributed by atoms with Crippen molar-refractivity contribution >= 4 is 11.0 Å². The van der Waals surface area contributed by atoms with Crippen LogP contribution < -0.4 is 0 Å². The molecular formula is C20H12F3N3O. The van der Waals surface area contributed by atoms with Crippen LogP contribution in [0.15, 0.2) is 67.0 Å². The Hall–Kier alpha value is -3.48. The summed E-state index contributed by atoms with van der Waals surface area (Å²) in [5, 5.41) is 9.39. The predicted molar refractivity (Wildman–Crippen MR) is 94.9 cm³/mol. The molecular weight excluding hydrogens is 355 g/mol. The van der Waals surface area contributed by atoms with E-state index in [0.717, 1.165) is 17.7 Å². The lowest BCUT2D eigenvalue weighted by atomic mass is 10.0. The van der Waals surface area contributed by atoms with Crippen LogP contribution in [-0.4, -0.2) is 20.1 Å². The van der Waals surface area contributed by atoms with E-state index in [0.29, 0.717) is 28.0 Å². The third-order valence-corrected chi connectivity index (χ3v) is 4.10. The van der Waals surface area contributed by atoms with Crippen molar-refractivity contribution in [2.24, 2.45) is 0 Å². The van der Waals surface area contributed by atoms with Gasteiger partial charge in [-0.1, -0.05) is 12.1 Å². The smallest absolute Gasteiger partial charge is 0.416 e. The number of nitrogens with zero attached hydrogens (tertiary/aromatic N) is 3. The van der Waals surface area contributed by atoms with Crippen LogP contribution in [0.1, 0.15) is 5.56 Å². The van der Waals surface area contributed by atoms with Gasteiger partial charge < -0.3 is 5.11 Å². The third kappa shape index (κ3) is 3.44. The molecule has 0 bridgehead atoms. The summed E-state index contributed by atoms with van der Waals surface area (Å²) in [6.45, 7) is 0. The maximum atomic E-state index is 12.7. The molecule has 2 heterocycles. The van der Waals surface area contributed by atoms with Crippen LogP contribution in [0.25, 0.3) is 33.5 Å². The highest BCUT2D eigenvalue weighted by Gasteiger charge is 2.29. The van der Waals surface area contributed by atoms with Crippen molar-refractivity contribution in [3.05, 3.63) is 72.6 Å². The molecule has 0 aliphatic carbocycles. The van der Waals surface area contributed by atoms with Crippen LogP contribution in [0.3, 0.4) is 0 Å². The Morgan fingerprint density at radius 3 is 2.04 bits per heavy atom. The number of benzene rings is 2. The zero-order valence-corrected chi connectivity index (χ0v) is 13.8. The number of aromatic nitrogens is 3. The molecule has 4 rings (SSSR count). The van der Waals surface area contributed by atoms with Gasteiger partial charge in [0.05, 0.1) is 17.3 Å². The van der Waals surface area contributed by atoms with Crippen molar-refractivity contribution in [3.63, 3.8) is 0 Å². The van der Waals surface area contributed by atoms with E-state index < -0.39 is 11.7 Å². The SMILES string of the molecule is Oc1ccc(-c2ncc3ncc(-c4ccc(C(F)(F)F)cc4)cc3n2)cc1. The van der Waals surface area contributed by atoms with Gasteiger partial charge in [0.2, 0.25) is 0 Å². The van der Waals surface area contributed by atoms with Crippen LogP contribution in [0.4, 0.5) is 13.2 Å². The molecule has 0 amide bonds. The Kier molecular flexibility index (Phi) is 3.99. The summed E-state index contributed by atoms with van der Waals surface area (Å²) in [5.74, 6) is 0.611. The van der Waals surface area contributed by atoms with Gasteiger partial charge in [-0.15, -0.1) is 0 Å². The molecule has 7 heteroatoms. The average Bonchev–Trinajstić information content (AvgIpc) is 2.67. The average molecular weight is 367 g/mol. The Morgan fingerprint density at radius 1 is 0.704 bits per heavy atom. The summed E-state index contributed by atoms with van der Waals surface area (Å²) in [4.78, 5) is 13.0. The summed E-state index contributed by atoms with van der Waals surface area (Å²) >= 11 is 0. The lowest BCUT2D eigenvalue weighted by Gasteiger charge is -2.08. The number of phenols is 1. The molecule has 0 saturated heterocycles. The van der Waals surface area contributed by atoms with Gasteiger partial charge in [-0.3, -0.25) is 4.98 Å². The van der Waals surface area contributed by atoms with Crippen LogP contribution >= 0.6 is 0 Å². The van der Waals surface area contributed by atoms with Crippen LogP contribution in [-0.2, 0) is 6.18 Å². The van der Waals surface area contributed by atoms with Gasteiger partial charge in [0.25, 0.3) is 0 Å². The van der Waals surface area contributed by atoms with Crippen molar-refractivity contribution in [3.8, 4) is 28.3 Å². The normalized spacial score (nSPS) is 11.7. The Labute approximate surface area is 152 Å². The highest BCUT2D eigenvalue weighted by atomic mass is 19.4. The summed E-state index contributed by atoms with van der Waals surface area (Å²) in [6, 6.07) is 13.1. The second kappa shape index (κ2) is 6.35. The van der Waals surface area contributed by atoms with Gasteiger partial charge in [0.1, 0.15) is 11.3 Å². The largest absolute Gasteiger partial charge is 0.508 e. The van der Waals surface area contributed by atoms with Gasteiger partial charge in [0.15, 0.2) is 5.82 Å². The number of fused-ring (bicyclic) bond motifs is 1. The van der Waals surface area contributed by atoms with Crippen LogP contribution in [0, 0.1) is 0 Å². The van der Waals surface area contributed by atoms with E-state index in [1.54, 1.807) is 42.7 Å². The standard InChI is InChI=1S/C20H12F3N3O/c21-20(22,23)15-5-1-12(2-6-15)14-9-17-18(24-10-14)11-25-19(26-17)13-3-7-16(27)8-4-13/h1-11,27H. The zero-order chi connectivity index (χ0) is 19.0. The molecule has 2 aromatic heterocycles. The molecule has 27 heavy (non-hydrogen) atoms. The Morgan fingerprint density at radius 2 is 1.37 bits per heavy atom. The first-order valence-corrected chi connectivity index (χ1v) is 8.00. The van der Waals surface area contributed by atoms with Gasteiger partial charge in [-0.25, -0.2) is 9.97 Å². The third-order valence-electron chi connectivity index (χ3n) is 4.10. The maximum Gasteiger partial charge on any atom is 0.416 e. The van der Waals surface area contributed by atoms with E-state index in [1.807, 2.05) is 0 Å². The highest BCUT2D eigenvalue weighted by Crippen LogP contribution is 2.31. The van der Waals surface area contributed by atoms with Crippen LogP contribution in [0.5, 0.6) is 5.75 Å². The summed E-state index contributed by atoms with van der Waals surface area (Å²) in [5.41, 5.74) is 2.46. The minimum absolute atomic E-state index is 0.144. The lowest BCUT2D eigenvalue weighted by Crippen LogP contribution is -2.04. The molecule has 0 radical (unpaired) electrons. The molecule has 0 aliphatic rings. The number of pyridine rings is 1. The molecule has 0 spiro atoms. The fourth-order valence-electron chi connectivity index (χ4n) is 2.68.